The Hall–Kier alpha value is -4.99. The summed E-state index contributed by atoms with van der Waals surface area (Å²) in [4.78, 5) is 51.1. The molecule has 0 aliphatic heterocycles. The van der Waals surface area contributed by atoms with Crippen LogP contribution in [-0.4, -0.2) is 73.9 Å². The molecule has 0 fully saturated rings. The van der Waals surface area contributed by atoms with Crippen molar-refractivity contribution in [3.63, 3.8) is 0 Å². The number of thioether (sulfide) groups is 1. The highest BCUT2D eigenvalue weighted by Gasteiger charge is 2.24. The van der Waals surface area contributed by atoms with Gasteiger partial charge in [0.15, 0.2) is 0 Å². The highest BCUT2D eigenvalue weighted by molar-refractivity contribution is 7.99. The van der Waals surface area contributed by atoms with Crippen LogP contribution in [0.25, 0.3) is 6.08 Å². The number of benzene rings is 3. The third kappa shape index (κ3) is 13.8. The lowest BCUT2D eigenvalue weighted by molar-refractivity contribution is -0.146. The molecule has 3 aromatic rings. The van der Waals surface area contributed by atoms with Crippen molar-refractivity contribution in [1.82, 2.24) is 5.32 Å². The van der Waals surface area contributed by atoms with Crippen molar-refractivity contribution in [2.45, 2.75) is 31.7 Å². The van der Waals surface area contributed by atoms with E-state index in [4.69, 9.17) is 29.9 Å². The van der Waals surface area contributed by atoms with Gasteiger partial charge in [0.1, 0.15) is 17.6 Å². The first kappa shape index (κ1) is 39.2. The fourth-order valence-electron chi connectivity index (χ4n) is 3.73. The molecule has 0 saturated carbocycles. The van der Waals surface area contributed by atoms with Gasteiger partial charge in [-0.2, -0.15) is 8.42 Å². The van der Waals surface area contributed by atoms with Gasteiger partial charge in [-0.3, -0.25) is 14.8 Å². The predicted molar refractivity (Wildman–Crippen MR) is 182 cm³/mol. The van der Waals surface area contributed by atoms with Crippen LogP contribution in [0.1, 0.15) is 52.6 Å². The van der Waals surface area contributed by atoms with Crippen LogP contribution in [0.2, 0.25) is 0 Å². The highest BCUT2D eigenvalue weighted by atomic mass is 32.2. The van der Waals surface area contributed by atoms with Crippen molar-refractivity contribution >= 4 is 57.6 Å². The molecule has 0 unspecified atom stereocenters. The Kier molecular flexibility index (Phi) is 15.5. The minimum atomic E-state index is -3.67. The second-order valence-electron chi connectivity index (χ2n) is 9.82. The number of rotatable bonds is 13. The molecule has 0 saturated heterocycles. The number of carbonyl (C=O) groups excluding carboxylic acids is 4. The maximum Gasteiger partial charge on any atom is 0.343 e. The average molecular weight is 700 g/mol. The zero-order valence-corrected chi connectivity index (χ0v) is 28.4. The summed E-state index contributed by atoms with van der Waals surface area (Å²) < 4.78 is 41.5. The molecule has 0 radical (unpaired) electrons. The SMILES string of the molecule is CCOC(=O)c1ccccc1SC[C@@H](NC(=O)C(C)=Cc1ccc(C(=O)Oc2ccc(C(=N)N)cc2)cc1)C(=O)OCC.CS(=O)(=O)O. The maximum absolute atomic E-state index is 13.0. The summed E-state index contributed by atoms with van der Waals surface area (Å²) in [6.45, 7) is 5.37. The van der Waals surface area contributed by atoms with E-state index in [1.807, 2.05) is 0 Å². The Balaban J connectivity index is 0.00000149. The smallest absolute Gasteiger partial charge is 0.343 e. The van der Waals surface area contributed by atoms with Crippen molar-refractivity contribution in [2.24, 2.45) is 5.73 Å². The molecule has 15 heteroatoms. The van der Waals surface area contributed by atoms with Crippen molar-refractivity contribution in [3.05, 3.63) is 101 Å². The van der Waals surface area contributed by atoms with E-state index in [9.17, 15) is 27.6 Å². The van der Waals surface area contributed by atoms with E-state index in [0.717, 1.165) is 0 Å². The van der Waals surface area contributed by atoms with Crippen LogP contribution in [0, 0.1) is 5.41 Å². The molecule has 1 amide bonds. The van der Waals surface area contributed by atoms with Crippen molar-refractivity contribution in [3.8, 4) is 5.75 Å². The zero-order valence-electron chi connectivity index (χ0n) is 26.7. The lowest BCUT2D eigenvalue weighted by Gasteiger charge is -2.18. The van der Waals surface area contributed by atoms with Crippen LogP contribution in [0.3, 0.4) is 0 Å². The van der Waals surface area contributed by atoms with Crippen molar-refractivity contribution in [1.29, 1.82) is 5.41 Å². The highest BCUT2D eigenvalue weighted by Crippen LogP contribution is 2.25. The first-order chi connectivity index (χ1) is 22.6. The van der Waals surface area contributed by atoms with Crippen LogP contribution < -0.4 is 15.8 Å². The molecule has 0 aromatic heterocycles. The molecule has 5 N–H and O–H groups in total. The Bertz CT molecular complexity index is 1730. The minimum Gasteiger partial charge on any atom is -0.464 e. The van der Waals surface area contributed by atoms with Gasteiger partial charge in [0, 0.05) is 21.8 Å². The quantitative estimate of drug-likeness (QED) is 0.0378. The fraction of sp³-hybridized carbons (Fsp3) is 0.242. The zero-order chi connectivity index (χ0) is 35.9. The van der Waals surface area contributed by atoms with E-state index in [2.05, 4.69) is 5.32 Å². The molecule has 48 heavy (non-hydrogen) atoms. The van der Waals surface area contributed by atoms with E-state index < -0.39 is 40.0 Å². The lowest BCUT2D eigenvalue weighted by Crippen LogP contribution is -2.44. The number of esters is 3. The van der Waals surface area contributed by atoms with Gasteiger partial charge >= 0.3 is 17.9 Å². The number of nitrogens with two attached hydrogens (primary N) is 1. The van der Waals surface area contributed by atoms with Gasteiger partial charge in [-0.05, 0) is 80.9 Å². The van der Waals surface area contributed by atoms with Crippen molar-refractivity contribution < 1.29 is 46.4 Å². The van der Waals surface area contributed by atoms with E-state index in [0.29, 0.717) is 44.7 Å². The standard InChI is InChI=1S/C32H33N3O7S.CH4O3S/c1-4-40-31(38)25-8-6-7-9-27(25)43-19-26(32(39)41-5-2)35-29(36)20(3)18-21-10-12-23(13-11-21)30(37)42-24-16-14-22(15-17-24)28(33)34;1-5(2,3)4/h6-18,26H,4-5,19H2,1-3H3,(H3,33,34)(H,35,36);1H3,(H,2,3,4)/t26-;/m1./s1. The molecule has 1 atom stereocenters. The van der Waals surface area contributed by atoms with E-state index >= 15 is 0 Å². The van der Waals surface area contributed by atoms with Crippen LogP contribution in [-0.2, 0) is 29.2 Å². The van der Waals surface area contributed by atoms with Crippen LogP contribution in [0.4, 0.5) is 0 Å². The topological polar surface area (TPSA) is 212 Å². The van der Waals surface area contributed by atoms with Gasteiger partial charge in [-0.25, -0.2) is 14.4 Å². The van der Waals surface area contributed by atoms with Gasteiger partial charge < -0.3 is 25.3 Å². The minimum absolute atomic E-state index is 0.0856. The molecule has 3 aromatic carbocycles. The summed E-state index contributed by atoms with van der Waals surface area (Å²) >= 11 is 1.23. The predicted octanol–water partition coefficient (Wildman–Crippen LogP) is 4.11. The lowest BCUT2D eigenvalue weighted by atomic mass is 10.1. The molecule has 3 rings (SSSR count). The second-order valence-corrected chi connectivity index (χ2v) is 12.3. The van der Waals surface area contributed by atoms with E-state index in [-0.39, 0.29) is 24.8 Å². The summed E-state index contributed by atoms with van der Waals surface area (Å²) in [5, 5.41) is 10.2. The Morgan fingerprint density at radius 2 is 1.48 bits per heavy atom. The molecule has 0 heterocycles. The molecule has 0 spiro atoms. The summed E-state index contributed by atoms with van der Waals surface area (Å²) in [6.07, 6.45) is 2.34. The number of ether oxygens (including phenoxy) is 3. The summed E-state index contributed by atoms with van der Waals surface area (Å²) in [5.74, 6) is -1.76. The van der Waals surface area contributed by atoms with Crippen LogP contribution in [0.15, 0.2) is 83.3 Å². The number of nitrogen functional groups attached to an aromatic ring is 1. The number of amidine groups is 1. The van der Waals surface area contributed by atoms with Gasteiger partial charge in [0.2, 0.25) is 5.91 Å². The normalized spacial score (nSPS) is 11.6. The molecule has 13 nitrogen and oxygen atoms in total. The van der Waals surface area contributed by atoms with E-state index in [1.54, 1.807) is 99.6 Å². The summed E-state index contributed by atoms with van der Waals surface area (Å²) in [5.41, 5.74) is 7.61. The summed E-state index contributed by atoms with van der Waals surface area (Å²) in [6, 6.07) is 18.6. The van der Waals surface area contributed by atoms with E-state index in [1.165, 1.54) is 11.8 Å². The number of nitrogens with one attached hydrogen (secondary N) is 2. The van der Waals surface area contributed by atoms with Gasteiger partial charge in [-0.15, -0.1) is 11.8 Å². The largest absolute Gasteiger partial charge is 0.464 e. The number of amides is 1. The van der Waals surface area contributed by atoms with Crippen molar-refractivity contribution in [2.75, 3.05) is 25.2 Å². The number of carbonyl (C=O) groups is 4. The average Bonchev–Trinajstić information content (AvgIpc) is 3.03. The van der Waals surface area contributed by atoms with Gasteiger partial charge in [0.05, 0.1) is 30.6 Å². The number of hydrogen-bond donors (Lipinski definition) is 4. The molecular formula is C33H37N3O10S2. The Morgan fingerprint density at radius 3 is 2.04 bits per heavy atom. The fourth-order valence-corrected chi connectivity index (χ4v) is 4.77. The molecular weight excluding hydrogens is 663 g/mol. The molecule has 0 aliphatic rings. The molecule has 256 valence electrons. The van der Waals surface area contributed by atoms with Gasteiger partial charge in [0.25, 0.3) is 10.1 Å². The number of hydrogen-bond acceptors (Lipinski definition) is 11. The molecule has 0 bridgehead atoms. The first-order valence-electron chi connectivity index (χ1n) is 14.4. The van der Waals surface area contributed by atoms with Crippen LogP contribution >= 0.6 is 11.8 Å². The maximum atomic E-state index is 13.0. The Labute approximate surface area is 283 Å². The van der Waals surface area contributed by atoms with Crippen LogP contribution in [0.5, 0.6) is 5.75 Å². The first-order valence-corrected chi connectivity index (χ1v) is 17.2. The third-order valence-corrected chi connectivity index (χ3v) is 7.09. The summed E-state index contributed by atoms with van der Waals surface area (Å²) in [7, 11) is -3.67. The monoisotopic (exact) mass is 699 g/mol. The third-order valence-electron chi connectivity index (χ3n) is 5.93. The molecule has 0 aliphatic carbocycles. The second kappa shape index (κ2) is 19.0. The van der Waals surface area contributed by atoms with Gasteiger partial charge in [-0.1, -0.05) is 24.3 Å². The Morgan fingerprint density at radius 1 is 0.917 bits per heavy atom.